The lowest BCUT2D eigenvalue weighted by Gasteiger charge is -2.10. The third-order valence-corrected chi connectivity index (χ3v) is 4.80. The summed E-state index contributed by atoms with van der Waals surface area (Å²) >= 11 is 3.41. The number of ether oxygens (including phenoxy) is 1. The Kier molecular flexibility index (Phi) is 5.46. The second-order valence-electron chi connectivity index (χ2n) is 6.11. The van der Waals surface area contributed by atoms with Crippen molar-refractivity contribution >= 4 is 27.7 Å². The van der Waals surface area contributed by atoms with E-state index in [0.717, 1.165) is 21.5 Å². The van der Waals surface area contributed by atoms with Crippen molar-refractivity contribution in [1.29, 1.82) is 0 Å². The minimum Gasteiger partial charge on any atom is -0.507 e. The molecule has 1 N–H and O–H groups in total. The first-order valence-electron chi connectivity index (χ1n) is 8.31. The van der Waals surface area contributed by atoms with Gasteiger partial charge in [-0.25, -0.2) is 4.79 Å². The molecule has 0 radical (unpaired) electrons. The van der Waals surface area contributed by atoms with Gasteiger partial charge in [-0.2, -0.15) is 0 Å². The molecule has 3 rings (SSSR count). The number of aromatic hydroxyl groups is 1. The molecular weight excluding hydrogens is 410 g/mol. The van der Waals surface area contributed by atoms with Gasteiger partial charge in [-0.15, -0.1) is 0 Å². The van der Waals surface area contributed by atoms with E-state index in [9.17, 15) is 14.7 Å². The SMILES string of the molecule is Cc1cc(C(=O)COC(=O)c2ccccc2O)c(C)n1-c1ccc(Br)cc1. The van der Waals surface area contributed by atoms with Crippen molar-refractivity contribution in [1.82, 2.24) is 4.57 Å². The van der Waals surface area contributed by atoms with Crippen LogP contribution in [0.3, 0.4) is 0 Å². The lowest BCUT2D eigenvalue weighted by Crippen LogP contribution is -2.15. The van der Waals surface area contributed by atoms with Crippen molar-refractivity contribution in [3.8, 4) is 11.4 Å². The van der Waals surface area contributed by atoms with Crippen molar-refractivity contribution in [3.05, 3.63) is 81.6 Å². The molecule has 0 saturated heterocycles. The van der Waals surface area contributed by atoms with Crippen LogP contribution in [0.2, 0.25) is 0 Å². The van der Waals surface area contributed by atoms with Crippen LogP contribution in [0.4, 0.5) is 0 Å². The van der Waals surface area contributed by atoms with Crippen LogP contribution in [0.25, 0.3) is 5.69 Å². The number of halogens is 1. The van der Waals surface area contributed by atoms with E-state index in [-0.39, 0.29) is 17.1 Å². The lowest BCUT2D eigenvalue weighted by atomic mass is 10.1. The number of hydrogen-bond donors (Lipinski definition) is 1. The number of esters is 1. The predicted octanol–water partition coefficient (Wildman–Crippen LogP) is 4.60. The van der Waals surface area contributed by atoms with Gasteiger partial charge in [0, 0.05) is 27.1 Å². The van der Waals surface area contributed by atoms with Gasteiger partial charge < -0.3 is 14.4 Å². The predicted molar refractivity (Wildman–Crippen MR) is 106 cm³/mol. The zero-order valence-corrected chi connectivity index (χ0v) is 16.5. The molecule has 0 aliphatic heterocycles. The highest BCUT2D eigenvalue weighted by Crippen LogP contribution is 2.23. The number of aryl methyl sites for hydroxylation is 1. The minimum absolute atomic E-state index is 0.0330. The fraction of sp³-hybridized carbons (Fsp3) is 0.143. The maximum atomic E-state index is 12.6. The van der Waals surface area contributed by atoms with E-state index in [0.29, 0.717) is 5.56 Å². The second-order valence-corrected chi connectivity index (χ2v) is 7.03. The van der Waals surface area contributed by atoms with Crippen molar-refractivity contribution < 1.29 is 19.4 Å². The molecule has 6 heteroatoms. The number of aromatic nitrogens is 1. The van der Waals surface area contributed by atoms with Gasteiger partial charge in [0.25, 0.3) is 0 Å². The Morgan fingerprint density at radius 1 is 1.04 bits per heavy atom. The molecule has 138 valence electrons. The Balaban J connectivity index is 1.78. The lowest BCUT2D eigenvalue weighted by molar-refractivity contribution is 0.0471. The summed E-state index contributed by atoms with van der Waals surface area (Å²) in [6.45, 7) is 3.38. The molecule has 0 atom stereocenters. The number of benzene rings is 2. The van der Waals surface area contributed by atoms with Crippen molar-refractivity contribution in [2.45, 2.75) is 13.8 Å². The molecule has 0 amide bonds. The summed E-state index contributed by atoms with van der Waals surface area (Å²) in [5.41, 5.74) is 3.16. The van der Waals surface area contributed by atoms with E-state index < -0.39 is 12.6 Å². The molecule has 27 heavy (non-hydrogen) atoms. The first-order valence-corrected chi connectivity index (χ1v) is 9.11. The van der Waals surface area contributed by atoms with Gasteiger partial charge in [0.2, 0.25) is 5.78 Å². The monoisotopic (exact) mass is 427 g/mol. The summed E-state index contributed by atoms with van der Waals surface area (Å²) < 4.78 is 8.04. The van der Waals surface area contributed by atoms with E-state index in [2.05, 4.69) is 15.9 Å². The standard InChI is InChI=1S/C21H18BrNO4/c1-13-11-18(14(2)23(13)16-9-7-15(22)8-10-16)20(25)12-27-21(26)17-5-3-4-6-19(17)24/h3-11,24H,12H2,1-2H3. The molecule has 0 aliphatic rings. The number of carbonyl (C=O) groups excluding carboxylic acids is 2. The number of hydrogen-bond acceptors (Lipinski definition) is 4. The molecule has 3 aromatic rings. The zero-order valence-electron chi connectivity index (χ0n) is 14.9. The Morgan fingerprint density at radius 2 is 1.70 bits per heavy atom. The molecule has 0 fully saturated rings. The molecular formula is C21H18BrNO4. The molecule has 0 unspecified atom stereocenters. The topological polar surface area (TPSA) is 68.5 Å². The first kappa shape index (κ1) is 18.9. The Labute approximate surface area is 165 Å². The number of ketones is 1. The fourth-order valence-corrected chi connectivity index (χ4v) is 3.23. The van der Waals surface area contributed by atoms with Gasteiger partial charge >= 0.3 is 5.97 Å². The zero-order chi connectivity index (χ0) is 19.6. The Bertz CT molecular complexity index is 1010. The Morgan fingerprint density at radius 3 is 2.37 bits per heavy atom. The number of carbonyl (C=O) groups is 2. The minimum atomic E-state index is -0.733. The van der Waals surface area contributed by atoms with Gasteiger partial charge in [0.05, 0.1) is 0 Å². The first-order chi connectivity index (χ1) is 12.9. The summed E-state index contributed by atoms with van der Waals surface area (Å²) in [4.78, 5) is 24.6. The van der Waals surface area contributed by atoms with Crippen LogP contribution in [0, 0.1) is 13.8 Å². The van der Waals surface area contributed by atoms with Crippen LogP contribution in [0.15, 0.2) is 59.1 Å². The summed E-state index contributed by atoms with van der Waals surface area (Å²) in [5.74, 6) is -1.21. The summed E-state index contributed by atoms with van der Waals surface area (Å²) in [5, 5.41) is 9.70. The molecule has 0 saturated carbocycles. The summed E-state index contributed by atoms with van der Waals surface area (Å²) in [7, 11) is 0. The second kappa shape index (κ2) is 7.80. The Hall–Kier alpha value is -2.86. The third kappa shape index (κ3) is 3.95. The third-order valence-electron chi connectivity index (χ3n) is 4.27. The molecule has 0 bridgehead atoms. The van der Waals surface area contributed by atoms with E-state index >= 15 is 0 Å². The van der Waals surface area contributed by atoms with Gasteiger partial charge in [0.15, 0.2) is 6.61 Å². The van der Waals surface area contributed by atoms with Crippen LogP contribution < -0.4 is 0 Å². The van der Waals surface area contributed by atoms with E-state index in [4.69, 9.17) is 4.74 Å². The maximum absolute atomic E-state index is 12.6. The molecule has 5 nitrogen and oxygen atoms in total. The fourth-order valence-electron chi connectivity index (χ4n) is 2.97. The van der Waals surface area contributed by atoms with Gasteiger partial charge in [0.1, 0.15) is 11.3 Å². The van der Waals surface area contributed by atoms with Crippen molar-refractivity contribution in [2.24, 2.45) is 0 Å². The highest BCUT2D eigenvalue weighted by molar-refractivity contribution is 9.10. The quantitative estimate of drug-likeness (QED) is 0.477. The normalized spacial score (nSPS) is 10.6. The smallest absolute Gasteiger partial charge is 0.342 e. The van der Waals surface area contributed by atoms with E-state index in [1.807, 2.05) is 42.7 Å². The van der Waals surface area contributed by atoms with Gasteiger partial charge in [-0.3, -0.25) is 4.79 Å². The highest BCUT2D eigenvalue weighted by atomic mass is 79.9. The largest absolute Gasteiger partial charge is 0.507 e. The number of phenolic OH excluding ortho intramolecular Hbond substituents is 1. The number of nitrogens with zero attached hydrogens (tertiary/aromatic N) is 1. The van der Waals surface area contributed by atoms with Gasteiger partial charge in [-0.1, -0.05) is 28.1 Å². The number of rotatable bonds is 5. The van der Waals surface area contributed by atoms with Crippen LogP contribution in [-0.4, -0.2) is 28.0 Å². The summed E-state index contributed by atoms with van der Waals surface area (Å²) in [6.07, 6.45) is 0. The molecule has 1 aromatic heterocycles. The van der Waals surface area contributed by atoms with Crippen LogP contribution in [0.5, 0.6) is 5.75 Å². The van der Waals surface area contributed by atoms with Crippen LogP contribution in [0.1, 0.15) is 32.1 Å². The average Bonchev–Trinajstić information content (AvgIpc) is 2.95. The molecule has 0 aliphatic carbocycles. The number of phenols is 1. The van der Waals surface area contributed by atoms with Crippen LogP contribution in [-0.2, 0) is 4.74 Å². The number of Topliss-reactive ketones (excluding diaryl/α,β-unsaturated/α-hetero) is 1. The highest BCUT2D eigenvalue weighted by Gasteiger charge is 2.19. The summed E-state index contributed by atoms with van der Waals surface area (Å²) in [6, 6.07) is 15.6. The van der Waals surface area contributed by atoms with Crippen LogP contribution >= 0.6 is 15.9 Å². The molecule has 0 spiro atoms. The van der Waals surface area contributed by atoms with Crippen molar-refractivity contribution in [2.75, 3.05) is 6.61 Å². The average molecular weight is 428 g/mol. The maximum Gasteiger partial charge on any atom is 0.342 e. The molecule has 2 aromatic carbocycles. The molecule has 1 heterocycles. The van der Waals surface area contributed by atoms with E-state index in [1.165, 1.54) is 12.1 Å². The van der Waals surface area contributed by atoms with E-state index in [1.54, 1.807) is 18.2 Å². The number of para-hydroxylation sites is 1. The van der Waals surface area contributed by atoms with Gasteiger partial charge in [-0.05, 0) is 56.3 Å². The van der Waals surface area contributed by atoms with Crippen molar-refractivity contribution in [3.63, 3.8) is 0 Å².